The molecular formula is C11H13ClO2S. The van der Waals surface area contributed by atoms with Crippen LogP contribution in [-0.2, 0) is 11.2 Å². The lowest BCUT2D eigenvalue weighted by Crippen LogP contribution is -2.19. The van der Waals surface area contributed by atoms with Crippen LogP contribution in [0.4, 0.5) is 0 Å². The summed E-state index contributed by atoms with van der Waals surface area (Å²) in [5.41, 5.74) is 1.11. The monoisotopic (exact) mass is 244 g/mol. The van der Waals surface area contributed by atoms with E-state index in [-0.39, 0.29) is 11.8 Å². The molecule has 2 unspecified atom stereocenters. The normalized spacial score (nSPS) is 25.7. The predicted molar refractivity (Wildman–Crippen MR) is 61.5 cm³/mol. The van der Waals surface area contributed by atoms with Gasteiger partial charge in [0.15, 0.2) is 0 Å². The van der Waals surface area contributed by atoms with Crippen molar-refractivity contribution in [3.63, 3.8) is 0 Å². The summed E-state index contributed by atoms with van der Waals surface area (Å²) in [6.07, 6.45) is 3.69. The lowest BCUT2D eigenvalue weighted by Gasteiger charge is -2.14. The molecule has 1 saturated carbocycles. The van der Waals surface area contributed by atoms with Gasteiger partial charge in [-0.3, -0.25) is 4.79 Å². The second-order valence-corrected chi connectivity index (χ2v) is 5.58. The van der Waals surface area contributed by atoms with Crippen LogP contribution in [0.15, 0.2) is 11.4 Å². The number of halogens is 1. The fourth-order valence-electron chi connectivity index (χ4n) is 2.35. The smallest absolute Gasteiger partial charge is 0.306 e. The average Bonchev–Trinajstić information content (AvgIpc) is 2.77. The lowest BCUT2D eigenvalue weighted by molar-refractivity contribution is -0.142. The van der Waals surface area contributed by atoms with Gasteiger partial charge in [-0.05, 0) is 42.2 Å². The molecule has 1 aliphatic carbocycles. The molecule has 2 nitrogen and oxygen atoms in total. The number of rotatable bonds is 3. The van der Waals surface area contributed by atoms with E-state index in [0.717, 1.165) is 35.6 Å². The Kier molecular flexibility index (Phi) is 3.32. The van der Waals surface area contributed by atoms with Gasteiger partial charge in [0.1, 0.15) is 0 Å². The van der Waals surface area contributed by atoms with Crippen LogP contribution in [0.3, 0.4) is 0 Å². The SMILES string of the molecule is O=C(O)C1CCCC1Cc1ccsc1Cl. The quantitative estimate of drug-likeness (QED) is 0.884. The molecule has 1 fully saturated rings. The molecule has 1 aromatic rings. The summed E-state index contributed by atoms with van der Waals surface area (Å²) in [6.45, 7) is 0. The van der Waals surface area contributed by atoms with E-state index in [1.807, 2.05) is 11.4 Å². The number of hydrogen-bond donors (Lipinski definition) is 1. The van der Waals surface area contributed by atoms with Crippen molar-refractivity contribution in [3.05, 3.63) is 21.3 Å². The molecule has 1 N–H and O–H groups in total. The van der Waals surface area contributed by atoms with Gasteiger partial charge in [0.2, 0.25) is 0 Å². The third-order valence-corrected chi connectivity index (χ3v) is 4.40. The molecule has 1 heterocycles. The lowest BCUT2D eigenvalue weighted by atomic mass is 9.91. The number of carboxylic acid groups (broad SMARTS) is 1. The summed E-state index contributed by atoms with van der Waals surface area (Å²) in [6, 6.07) is 2.00. The maximum atomic E-state index is 11.0. The van der Waals surface area contributed by atoms with Crippen LogP contribution >= 0.6 is 22.9 Å². The van der Waals surface area contributed by atoms with E-state index in [1.54, 1.807) is 0 Å². The highest BCUT2D eigenvalue weighted by atomic mass is 35.5. The average molecular weight is 245 g/mol. The van der Waals surface area contributed by atoms with Crippen LogP contribution in [0.25, 0.3) is 0 Å². The van der Waals surface area contributed by atoms with Gasteiger partial charge in [-0.25, -0.2) is 0 Å². The number of hydrogen-bond acceptors (Lipinski definition) is 2. The van der Waals surface area contributed by atoms with E-state index in [1.165, 1.54) is 11.3 Å². The van der Waals surface area contributed by atoms with Crippen molar-refractivity contribution in [1.82, 2.24) is 0 Å². The summed E-state index contributed by atoms with van der Waals surface area (Å²) < 4.78 is 0.811. The van der Waals surface area contributed by atoms with Crippen LogP contribution < -0.4 is 0 Å². The zero-order valence-corrected chi connectivity index (χ0v) is 9.85. The summed E-state index contributed by atoms with van der Waals surface area (Å²) in [4.78, 5) is 11.0. The van der Waals surface area contributed by atoms with E-state index < -0.39 is 5.97 Å². The Bertz CT molecular complexity index is 361. The molecule has 0 amide bonds. The summed E-state index contributed by atoms with van der Waals surface area (Å²) >= 11 is 7.53. The Balaban J connectivity index is 2.06. The molecule has 0 aliphatic heterocycles. The summed E-state index contributed by atoms with van der Waals surface area (Å²) in [5, 5.41) is 11.0. The first-order valence-electron chi connectivity index (χ1n) is 5.13. The van der Waals surface area contributed by atoms with E-state index in [0.29, 0.717) is 0 Å². The van der Waals surface area contributed by atoms with Crippen molar-refractivity contribution in [2.24, 2.45) is 11.8 Å². The molecule has 1 aromatic heterocycles. The van der Waals surface area contributed by atoms with Gasteiger partial charge < -0.3 is 5.11 Å². The van der Waals surface area contributed by atoms with Crippen molar-refractivity contribution in [3.8, 4) is 0 Å². The minimum Gasteiger partial charge on any atom is -0.481 e. The summed E-state index contributed by atoms with van der Waals surface area (Å²) in [5.74, 6) is -0.542. The summed E-state index contributed by atoms with van der Waals surface area (Å²) in [7, 11) is 0. The van der Waals surface area contributed by atoms with Gasteiger partial charge >= 0.3 is 5.97 Å². The van der Waals surface area contributed by atoms with Crippen LogP contribution in [-0.4, -0.2) is 11.1 Å². The van der Waals surface area contributed by atoms with Crippen molar-refractivity contribution >= 4 is 28.9 Å². The molecule has 2 rings (SSSR count). The highest BCUT2D eigenvalue weighted by Gasteiger charge is 2.33. The van der Waals surface area contributed by atoms with E-state index >= 15 is 0 Å². The maximum absolute atomic E-state index is 11.0. The molecule has 4 heteroatoms. The van der Waals surface area contributed by atoms with E-state index in [2.05, 4.69) is 0 Å². The van der Waals surface area contributed by atoms with Gasteiger partial charge in [0, 0.05) is 0 Å². The van der Waals surface area contributed by atoms with E-state index in [4.69, 9.17) is 16.7 Å². The highest BCUT2D eigenvalue weighted by molar-refractivity contribution is 7.14. The van der Waals surface area contributed by atoms with Crippen LogP contribution in [0, 0.1) is 11.8 Å². The van der Waals surface area contributed by atoms with Gasteiger partial charge in [-0.15, -0.1) is 11.3 Å². The highest BCUT2D eigenvalue weighted by Crippen LogP contribution is 2.36. The second kappa shape index (κ2) is 4.54. The van der Waals surface area contributed by atoms with E-state index in [9.17, 15) is 4.79 Å². The van der Waals surface area contributed by atoms with Crippen molar-refractivity contribution in [2.75, 3.05) is 0 Å². The molecular weight excluding hydrogens is 232 g/mol. The molecule has 2 atom stereocenters. The molecule has 0 aromatic carbocycles. The fraction of sp³-hybridized carbons (Fsp3) is 0.545. The molecule has 82 valence electrons. The van der Waals surface area contributed by atoms with Gasteiger partial charge in [0.05, 0.1) is 10.3 Å². The number of aliphatic carboxylic acids is 1. The molecule has 0 radical (unpaired) electrons. The minimum atomic E-state index is -0.649. The maximum Gasteiger partial charge on any atom is 0.306 e. The zero-order valence-electron chi connectivity index (χ0n) is 8.28. The van der Waals surface area contributed by atoms with Crippen molar-refractivity contribution in [2.45, 2.75) is 25.7 Å². The molecule has 0 spiro atoms. The first kappa shape index (κ1) is 11.0. The third kappa shape index (κ3) is 2.34. The zero-order chi connectivity index (χ0) is 10.8. The Morgan fingerprint density at radius 3 is 3.00 bits per heavy atom. The van der Waals surface area contributed by atoms with Crippen molar-refractivity contribution in [1.29, 1.82) is 0 Å². The first-order valence-corrected chi connectivity index (χ1v) is 6.39. The molecule has 15 heavy (non-hydrogen) atoms. The van der Waals surface area contributed by atoms with Crippen LogP contribution in [0.2, 0.25) is 4.34 Å². The number of carbonyl (C=O) groups is 1. The first-order chi connectivity index (χ1) is 7.18. The fourth-order valence-corrected chi connectivity index (χ4v) is 3.30. The molecule has 0 bridgehead atoms. The minimum absolute atomic E-state index is 0.166. The molecule has 1 aliphatic rings. The van der Waals surface area contributed by atoms with Crippen molar-refractivity contribution < 1.29 is 9.90 Å². The van der Waals surface area contributed by atoms with Gasteiger partial charge in [0.25, 0.3) is 0 Å². The van der Waals surface area contributed by atoms with Crippen LogP contribution in [0.1, 0.15) is 24.8 Å². The predicted octanol–water partition coefficient (Wildman–Crippen LogP) is 3.44. The Hall–Kier alpha value is -0.540. The Morgan fingerprint density at radius 2 is 2.40 bits per heavy atom. The number of thiophene rings is 1. The third-order valence-electron chi connectivity index (χ3n) is 3.15. The Labute approximate surface area is 97.9 Å². The standard InChI is InChI=1S/C11H13ClO2S/c12-10-8(4-5-15-10)6-7-2-1-3-9(7)11(13)14/h4-5,7,9H,1-3,6H2,(H,13,14). The Morgan fingerprint density at radius 1 is 1.60 bits per heavy atom. The largest absolute Gasteiger partial charge is 0.481 e. The number of carboxylic acids is 1. The van der Waals surface area contributed by atoms with Crippen LogP contribution in [0.5, 0.6) is 0 Å². The second-order valence-electron chi connectivity index (χ2n) is 4.06. The van der Waals surface area contributed by atoms with Gasteiger partial charge in [-0.1, -0.05) is 18.0 Å². The van der Waals surface area contributed by atoms with Gasteiger partial charge in [-0.2, -0.15) is 0 Å². The molecule has 0 saturated heterocycles. The topological polar surface area (TPSA) is 37.3 Å².